The second-order valence-electron chi connectivity index (χ2n) is 4.32. The molecule has 1 fully saturated rings. The second-order valence-corrected chi connectivity index (χ2v) is 4.32. The minimum atomic E-state index is -0.257. The lowest BCUT2D eigenvalue weighted by molar-refractivity contribution is -0.143. The number of hydrogen-bond acceptors (Lipinski definition) is 4. The van der Waals surface area contributed by atoms with Crippen LogP contribution in [-0.2, 0) is 14.3 Å². The summed E-state index contributed by atoms with van der Waals surface area (Å²) in [5.74, 6) is 0.210. The van der Waals surface area contributed by atoms with Crippen LogP contribution in [0.25, 0.3) is 0 Å². The molecule has 5 nitrogen and oxygen atoms in total. The van der Waals surface area contributed by atoms with Crippen molar-refractivity contribution < 1.29 is 14.3 Å². The van der Waals surface area contributed by atoms with E-state index in [-0.39, 0.29) is 18.3 Å². The molecule has 1 unspecified atom stereocenters. The SMILES string of the molecule is CCOC(=O)CCNC(=O)CC1CCCNC1. The van der Waals surface area contributed by atoms with E-state index < -0.39 is 0 Å². The number of carbonyl (C=O) groups is 2. The van der Waals surface area contributed by atoms with Crippen LogP contribution in [0.15, 0.2) is 0 Å². The molecule has 0 spiro atoms. The average molecular weight is 242 g/mol. The van der Waals surface area contributed by atoms with Crippen LogP contribution in [-0.4, -0.2) is 38.1 Å². The van der Waals surface area contributed by atoms with Crippen LogP contribution in [0.5, 0.6) is 0 Å². The van der Waals surface area contributed by atoms with Crippen molar-refractivity contribution in [2.45, 2.75) is 32.6 Å². The van der Waals surface area contributed by atoms with Crippen molar-refractivity contribution in [2.24, 2.45) is 5.92 Å². The summed E-state index contributed by atoms with van der Waals surface area (Å²) in [6, 6.07) is 0. The molecule has 17 heavy (non-hydrogen) atoms. The molecular weight excluding hydrogens is 220 g/mol. The zero-order valence-corrected chi connectivity index (χ0v) is 10.5. The lowest BCUT2D eigenvalue weighted by Gasteiger charge is -2.21. The van der Waals surface area contributed by atoms with Crippen LogP contribution in [0.4, 0.5) is 0 Å². The first-order valence-corrected chi connectivity index (χ1v) is 6.35. The van der Waals surface area contributed by atoms with Crippen molar-refractivity contribution in [3.8, 4) is 0 Å². The number of amides is 1. The smallest absolute Gasteiger partial charge is 0.307 e. The van der Waals surface area contributed by atoms with Crippen molar-refractivity contribution in [3.05, 3.63) is 0 Å². The Bertz CT molecular complexity index is 250. The van der Waals surface area contributed by atoms with Crippen molar-refractivity contribution in [1.82, 2.24) is 10.6 Å². The highest BCUT2D eigenvalue weighted by Gasteiger charge is 2.16. The highest BCUT2D eigenvalue weighted by atomic mass is 16.5. The molecule has 1 amide bonds. The summed E-state index contributed by atoms with van der Waals surface area (Å²) in [5.41, 5.74) is 0. The van der Waals surface area contributed by atoms with E-state index in [0.29, 0.717) is 25.5 Å². The lowest BCUT2D eigenvalue weighted by atomic mass is 9.96. The molecule has 0 aliphatic carbocycles. The highest BCUT2D eigenvalue weighted by molar-refractivity contribution is 5.77. The Morgan fingerprint density at radius 3 is 2.94 bits per heavy atom. The minimum Gasteiger partial charge on any atom is -0.466 e. The summed E-state index contributed by atoms with van der Waals surface area (Å²) >= 11 is 0. The van der Waals surface area contributed by atoms with E-state index in [1.54, 1.807) is 6.92 Å². The first-order valence-electron chi connectivity index (χ1n) is 6.35. The molecule has 1 aliphatic heterocycles. The number of ether oxygens (including phenoxy) is 1. The minimum absolute atomic E-state index is 0.0306. The zero-order chi connectivity index (χ0) is 12.5. The fourth-order valence-electron chi connectivity index (χ4n) is 1.97. The summed E-state index contributed by atoms with van der Waals surface area (Å²) in [6.07, 6.45) is 3.05. The van der Waals surface area contributed by atoms with Gasteiger partial charge in [-0.1, -0.05) is 0 Å². The van der Waals surface area contributed by atoms with Crippen molar-refractivity contribution in [2.75, 3.05) is 26.2 Å². The largest absolute Gasteiger partial charge is 0.466 e. The van der Waals surface area contributed by atoms with E-state index in [0.717, 1.165) is 25.9 Å². The predicted molar refractivity (Wildman–Crippen MR) is 64.5 cm³/mol. The zero-order valence-electron chi connectivity index (χ0n) is 10.5. The molecule has 1 aliphatic rings. The molecule has 1 heterocycles. The Labute approximate surface area is 102 Å². The molecular formula is C12H22N2O3. The van der Waals surface area contributed by atoms with Crippen LogP contribution in [0.1, 0.15) is 32.6 Å². The summed E-state index contributed by atoms with van der Waals surface area (Å²) in [6.45, 7) is 4.51. The molecule has 0 aromatic heterocycles. The fraction of sp³-hybridized carbons (Fsp3) is 0.833. The van der Waals surface area contributed by atoms with Gasteiger partial charge in [0.2, 0.25) is 5.91 Å². The van der Waals surface area contributed by atoms with Gasteiger partial charge >= 0.3 is 5.97 Å². The summed E-state index contributed by atoms with van der Waals surface area (Å²) < 4.78 is 4.77. The van der Waals surface area contributed by atoms with Crippen molar-refractivity contribution in [1.29, 1.82) is 0 Å². The van der Waals surface area contributed by atoms with Gasteiger partial charge in [-0.15, -0.1) is 0 Å². The van der Waals surface area contributed by atoms with Crippen LogP contribution in [0.2, 0.25) is 0 Å². The molecule has 5 heteroatoms. The van der Waals surface area contributed by atoms with Crippen molar-refractivity contribution >= 4 is 11.9 Å². The van der Waals surface area contributed by atoms with Crippen LogP contribution in [0.3, 0.4) is 0 Å². The first kappa shape index (κ1) is 14.0. The standard InChI is InChI=1S/C12H22N2O3/c1-2-17-12(16)5-7-14-11(15)8-10-4-3-6-13-9-10/h10,13H,2-9H2,1H3,(H,14,15). The molecule has 0 aromatic carbocycles. The second kappa shape index (κ2) is 8.06. The maximum absolute atomic E-state index is 11.6. The molecule has 0 bridgehead atoms. The molecule has 0 radical (unpaired) electrons. The fourth-order valence-corrected chi connectivity index (χ4v) is 1.97. The van der Waals surface area contributed by atoms with Crippen molar-refractivity contribution in [3.63, 3.8) is 0 Å². The molecule has 0 aromatic rings. The number of esters is 1. The summed E-state index contributed by atoms with van der Waals surface area (Å²) in [4.78, 5) is 22.6. The maximum Gasteiger partial charge on any atom is 0.307 e. The Kier molecular flexibility index (Phi) is 6.62. The van der Waals surface area contributed by atoms with Gasteiger partial charge in [0.05, 0.1) is 13.0 Å². The van der Waals surface area contributed by atoms with Gasteiger partial charge in [0.25, 0.3) is 0 Å². The molecule has 2 N–H and O–H groups in total. The van der Waals surface area contributed by atoms with Gasteiger partial charge in [0, 0.05) is 13.0 Å². The highest BCUT2D eigenvalue weighted by Crippen LogP contribution is 2.13. The number of piperidine rings is 1. The first-order chi connectivity index (χ1) is 8.22. The van der Waals surface area contributed by atoms with Gasteiger partial charge in [-0.2, -0.15) is 0 Å². The molecule has 0 saturated carbocycles. The Morgan fingerprint density at radius 2 is 2.29 bits per heavy atom. The van der Waals surface area contributed by atoms with Gasteiger partial charge in [-0.25, -0.2) is 0 Å². The summed E-state index contributed by atoms with van der Waals surface area (Å²) in [5, 5.41) is 6.03. The monoisotopic (exact) mass is 242 g/mol. The van der Waals surface area contributed by atoms with E-state index in [1.165, 1.54) is 0 Å². The molecule has 1 atom stereocenters. The van der Waals surface area contributed by atoms with E-state index in [2.05, 4.69) is 10.6 Å². The molecule has 1 rings (SSSR count). The third-order valence-corrected chi connectivity index (χ3v) is 2.83. The van der Waals surface area contributed by atoms with Gasteiger partial charge in [-0.05, 0) is 38.8 Å². The van der Waals surface area contributed by atoms with Crippen LogP contribution in [0, 0.1) is 5.92 Å². The quantitative estimate of drug-likeness (QED) is 0.663. The Balaban J connectivity index is 2.06. The van der Waals surface area contributed by atoms with E-state index in [4.69, 9.17) is 4.74 Å². The van der Waals surface area contributed by atoms with E-state index >= 15 is 0 Å². The van der Waals surface area contributed by atoms with Gasteiger partial charge in [0.1, 0.15) is 0 Å². The third-order valence-electron chi connectivity index (χ3n) is 2.83. The Morgan fingerprint density at radius 1 is 1.47 bits per heavy atom. The van der Waals surface area contributed by atoms with Crippen LogP contribution < -0.4 is 10.6 Å². The maximum atomic E-state index is 11.6. The summed E-state index contributed by atoms with van der Waals surface area (Å²) in [7, 11) is 0. The Hall–Kier alpha value is -1.10. The number of rotatable bonds is 6. The topological polar surface area (TPSA) is 67.4 Å². The van der Waals surface area contributed by atoms with Crippen LogP contribution >= 0.6 is 0 Å². The van der Waals surface area contributed by atoms with E-state index in [9.17, 15) is 9.59 Å². The predicted octanol–water partition coefficient (Wildman–Crippen LogP) is 0.445. The normalized spacial score (nSPS) is 19.7. The lowest BCUT2D eigenvalue weighted by Crippen LogP contribution is -2.34. The number of carbonyl (C=O) groups excluding carboxylic acids is 2. The third kappa shape index (κ3) is 6.26. The molecule has 98 valence electrons. The van der Waals surface area contributed by atoms with Gasteiger partial charge in [-0.3, -0.25) is 9.59 Å². The average Bonchev–Trinajstić information content (AvgIpc) is 2.30. The number of hydrogen-bond donors (Lipinski definition) is 2. The van der Waals surface area contributed by atoms with E-state index in [1.807, 2.05) is 0 Å². The number of nitrogens with one attached hydrogen (secondary N) is 2. The molecule has 1 saturated heterocycles. The van der Waals surface area contributed by atoms with Gasteiger partial charge in [0.15, 0.2) is 0 Å². The van der Waals surface area contributed by atoms with Gasteiger partial charge < -0.3 is 15.4 Å².